The molecule has 0 bridgehead atoms. The topological polar surface area (TPSA) is 88.3 Å². The Kier molecular flexibility index (Phi) is 4.49. The Hall–Kier alpha value is -1.48. The summed E-state index contributed by atoms with van der Waals surface area (Å²) in [5.74, 6) is 6.65. The Labute approximate surface area is 127 Å². The fourth-order valence-electron chi connectivity index (χ4n) is 2.46. The fraction of sp³-hybridized carbons (Fsp3) is 0.538. The molecular weight excluding hydrogens is 288 g/mol. The number of likely N-dealkylation sites (N-methyl/N-ethyl adjacent to an activating group) is 1. The van der Waals surface area contributed by atoms with E-state index in [1.54, 1.807) is 11.3 Å². The number of nitrogens with zero attached hydrogens (tertiary/aromatic N) is 3. The van der Waals surface area contributed by atoms with Crippen LogP contribution in [0.1, 0.15) is 6.92 Å². The number of nitrogen functional groups attached to an aromatic ring is 1. The van der Waals surface area contributed by atoms with Crippen LogP contribution in [0, 0.1) is 0 Å². The Morgan fingerprint density at radius 3 is 3.24 bits per heavy atom. The highest BCUT2D eigenvalue weighted by atomic mass is 32.1. The highest BCUT2D eigenvalue weighted by Crippen LogP contribution is 2.26. The largest absolute Gasteiger partial charge is 0.374 e. The maximum atomic E-state index is 5.80. The Morgan fingerprint density at radius 1 is 1.52 bits per heavy atom. The average Bonchev–Trinajstić information content (AvgIpc) is 3.01. The molecular formula is C13H20N6OS. The van der Waals surface area contributed by atoms with Crippen LogP contribution in [0.25, 0.3) is 10.2 Å². The quantitative estimate of drug-likeness (QED) is 0.563. The van der Waals surface area contributed by atoms with Gasteiger partial charge in [0.05, 0.1) is 18.1 Å². The predicted molar refractivity (Wildman–Crippen MR) is 85.6 cm³/mol. The van der Waals surface area contributed by atoms with Crippen molar-refractivity contribution in [3.8, 4) is 0 Å². The number of nitrogens with one attached hydrogen (secondary N) is 2. The lowest BCUT2D eigenvalue weighted by Gasteiger charge is -2.32. The molecule has 2 aromatic rings. The molecule has 3 rings (SSSR count). The van der Waals surface area contributed by atoms with E-state index in [-0.39, 0.29) is 6.10 Å². The normalized spacial score (nSPS) is 19.8. The lowest BCUT2D eigenvalue weighted by molar-refractivity contribution is -0.0192. The molecule has 1 atom stereocenters. The van der Waals surface area contributed by atoms with Gasteiger partial charge < -0.3 is 10.1 Å². The van der Waals surface area contributed by atoms with Crippen molar-refractivity contribution >= 4 is 33.3 Å². The minimum absolute atomic E-state index is 0.177. The highest BCUT2D eigenvalue weighted by Gasteiger charge is 2.19. The summed E-state index contributed by atoms with van der Waals surface area (Å²) in [6, 6.07) is 2.02. The van der Waals surface area contributed by atoms with E-state index < -0.39 is 0 Å². The van der Waals surface area contributed by atoms with Crippen molar-refractivity contribution in [3.05, 3.63) is 11.4 Å². The maximum Gasteiger partial charge on any atom is 0.240 e. The van der Waals surface area contributed by atoms with E-state index in [0.717, 1.165) is 48.8 Å². The lowest BCUT2D eigenvalue weighted by Crippen LogP contribution is -2.45. The zero-order chi connectivity index (χ0) is 14.7. The molecule has 4 N–H and O–H groups in total. The minimum Gasteiger partial charge on any atom is -0.374 e. The van der Waals surface area contributed by atoms with Crippen LogP contribution in [-0.4, -0.2) is 53.8 Å². The van der Waals surface area contributed by atoms with Gasteiger partial charge in [0.25, 0.3) is 0 Å². The van der Waals surface area contributed by atoms with Gasteiger partial charge in [-0.3, -0.25) is 10.3 Å². The molecule has 1 saturated heterocycles. The number of aromatic nitrogens is 2. The smallest absolute Gasteiger partial charge is 0.240 e. The van der Waals surface area contributed by atoms with E-state index in [4.69, 9.17) is 10.6 Å². The van der Waals surface area contributed by atoms with Gasteiger partial charge in [0, 0.05) is 19.6 Å². The van der Waals surface area contributed by atoms with Gasteiger partial charge in [0.2, 0.25) is 5.95 Å². The molecule has 8 heteroatoms. The molecule has 1 aliphatic rings. The first-order valence-corrected chi connectivity index (χ1v) is 7.97. The summed E-state index contributed by atoms with van der Waals surface area (Å²) in [7, 11) is 0. The van der Waals surface area contributed by atoms with Gasteiger partial charge in [-0.05, 0) is 18.0 Å². The average molecular weight is 308 g/mol. The molecule has 1 unspecified atom stereocenters. The van der Waals surface area contributed by atoms with Crippen LogP contribution in [0.4, 0.5) is 11.8 Å². The number of anilines is 2. The SMILES string of the molecule is CCN1CCOC(CNc2nc(NN)nc3sccc23)C1. The number of morpholine rings is 1. The fourth-order valence-corrected chi connectivity index (χ4v) is 3.22. The van der Waals surface area contributed by atoms with Crippen LogP contribution in [0.3, 0.4) is 0 Å². The molecule has 0 aromatic carbocycles. The molecule has 2 aromatic heterocycles. The molecule has 7 nitrogen and oxygen atoms in total. The lowest BCUT2D eigenvalue weighted by atomic mass is 10.2. The van der Waals surface area contributed by atoms with E-state index in [0.29, 0.717) is 5.95 Å². The third-order valence-electron chi connectivity index (χ3n) is 3.62. The first-order valence-electron chi connectivity index (χ1n) is 7.10. The number of hydrazine groups is 1. The summed E-state index contributed by atoms with van der Waals surface area (Å²) in [6.07, 6.45) is 0.177. The summed E-state index contributed by atoms with van der Waals surface area (Å²) in [6.45, 7) is 6.70. The zero-order valence-electron chi connectivity index (χ0n) is 12.0. The van der Waals surface area contributed by atoms with Crippen LogP contribution in [0.5, 0.6) is 0 Å². The first-order chi connectivity index (χ1) is 10.3. The van der Waals surface area contributed by atoms with Gasteiger partial charge in [0.15, 0.2) is 0 Å². The maximum absolute atomic E-state index is 5.80. The van der Waals surface area contributed by atoms with Crippen LogP contribution < -0.4 is 16.6 Å². The van der Waals surface area contributed by atoms with E-state index in [2.05, 4.69) is 32.5 Å². The first kappa shape index (κ1) is 14.5. The third kappa shape index (κ3) is 3.24. The molecule has 0 saturated carbocycles. The predicted octanol–water partition coefficient (Wildman–Crippen LogP) is 1.11. The van der Waals surface area contributed by atoms with E-state index >= 15 is 0 Å². The second-order valence-electron chi connectivity index (χ2n) is 4.95. The van der Waals surface area contributed by atoms with Gasteiger partial charge in [0.1, 0.15) is 10.6 Å². The standard InChI is InChI=1S/C13H20N6OS/c1-2-19-4-5-20-9(8-19)7-15-11-10-3-6-21-12(10)17-13(16-11)18-14/h3,6,9H,2,4-5,7-8,14H2,1H3,(H2,15,16,17,18). The summed E-state index contributed by atoms with van der Waals surface area (Å²) < 4.78 is 5.80. The van der Waals surface area contributed by atoms with E-state index in [1.165, 1.54) is 0 Å². The van der Waals surface area contributed by atoms with Crippen molar-refractivity contribution in [2.24, 2.45) is 5.84 Å². The van der Waals surface area contributed by atoms with Crippen LogP contribution in [0.2, 0.25) is 0 Å². The Morgan fingerprint density at radius 2 is 2.43 bits per heavy atom. The van der Waals surface area contributed by atoms with Gasteiger partial charge in [-0.1, -0.05) is 6.92 Å². The number of fused-ring (bicyclic) bond motifs is 1. The molecule has 114 valence electrons. The molecule has 0 amide bonds. The molecule has 0 aliphatic carbocycles. The third-order valence-corrected chi connectivity index (χ3v) is 4.43. The molecule has 0 radical (unpaired) electrons. The summed E-state index contributed by atoms with van der Waals surface area (Å²) >= 11 is 1.57. The summed E-state index contributed by atoms with van der Waals surface area (Å²) in [5, 5.41) is 6.39. The molecule has 1 fully saturated rings. The van der Waals surface area contributed by atoms with Crippen LogP contribution in [-0.2, 0) is 4.74 Å². The number of nitrogens with two attached hydrogens (primary N) is 1. The molecule has 3 heterocycles. The van der Waals surface area contributed by atoms with Gasteiger partial charge in [-0.2, -0.15) is 4.98 Å². The van der Waals surface area contributed by atoms with Crippen molar-refractivity contribution in [3.63, 3.8) is 0 Å². The highest BCUT2D eigenvalue weighted by molar-refractivity contribution is 7.16. The van der Waals surface area contributed by atoms with Crippen molar-refractivity contribution in [2.45, 2.75) is 13.0 Å². The number of hydrogen-bond acceptors (Lipinski definition) is 8. The van der Waals surface area contributed by atoms with Crippen molar-refractivity contribution in [1.29, 1.82) is 0 Å². The minimum atomic E-state index is 0.177. The van der Waals surface area contributed by atoms with Gasteiger partial charge in [-0.25, -0.2) is 10.8 Å². The van der Waals surface area contributed by atoms with E-state index in [9.17, 15) is 0 Å². The summed E-state index contributed by atoms with van der Waals surface area (Å²) in [5.41, 5.74) is 2.51. The monoisotopic (exact) mass is 308 g/mol. The van der Waals surface area contributed by atoms with Crippen LogP contribution in [0.15, 0.2) is 11.4 Å². The van der Waals surface area contributed by atoms with Gasteiger partial charge >= 0.3 is 0 Å². The van der Waals surface area contributed by atoms with Crippen molar-refractivity contribution < 1.29 is 4.74 Å². The second kappa shape index (κ2) is 6.52. The van der Waals surface area contributed by atoms with Crippen molar-refractivity contribution in [1.82, 2.24) is 14.9 Å². The van der Waals surface area contributed by atoms with Gasteiger partial charge in [-0.15, -0.1) is 11.3 Å². The van der Waals surface area contributed by atoms with Crippen molar-refractivity contribution in [2.75, 3.05) is 43.5 Å². The summed E-state index contributed by atoms with van der Waals surface area (Å²) in [4.78, 5) is 12.0. The Bertz CT molecular complexity index is 603. The van der Waals surface area contributed by atoms with Crippen LogP contribution >= 0.6 is 11.3 Å². The second-order valence-corrected chi connectivity index (χ2v) is 5.84. The number of thiophene rings is 1. The molecule has 0 spiro atoms. The van der Waals surface area contributed by atoms with E-state index in [1.807, 2.05) is 11.4 Å². The molecule has 1 aliphatic heterocycles. The number of hydrogen-bond donors (Lipinski definition) is 3. The zero-order valence-corrected chi connectivity index (χ0v) is 12.8. The number of ether oxygens (including phenoxy) is 1. The Balaban J connectivity index is 1.71. The number of rotatable bonds is 5. The molecule has 21 heavy (non-hydrogen) atoms.